The number of benzene rings is 2. The van der Waals surface area contributed by atoms with E-state index >= 15 is 0 Å². The Balaban J connectivity index is 1.36. The second kappa shape index (κ2) is 10.0. The summed E-state index contributed by atoms with van der Waals surface area (Å²) in [5.41, 5.74) is 2.41. The van der Waals surface area contributed by atoms with Crippen LogP contribution in [0.1, 0.15) is 24.1 Å². The van der Waals surface area contributed by atoms with Crippen LogP contribution in [0.5, 0.6) is 0 Å². The van der Waals surface area contributed by atoms with Gasteiger partial charge in [0, 0.05) is 0 Å². The van der Waals surface area contributed by atoms with Gasteiger partial charge in [-0.1, -0.05) is 66.7 Å². The summed E-state index contributed by atoms with van der Waals surface area (Å²) in [5, 5.41) is 3.13. The molecule has 2 aromatic rings. The first-order valence-electron chi connectivity index (χ1n) is 9.94. The van der Waals surface area contributed by atoms with Gasteiger partial charge in [-0.3, -0.25) is 4.79 Å². The van der Waals surface area contributed by atoms with Gasteiger partial charge in [-0.15, -0.1) is 0 Å². The summed E-state index contributed by atoms with van der Waals surface area (Å²) >= 11 is 0. The maximum absolute atomic E-state index is 12.4. The third kappa shape index (κ3) is 6.35. The lowest BCUT2D eigenvalue weighted by Crippen LogP contribution is -3.28. The third-order valence-electron chi connectivity index (χ3n) is 5.27. The van der Waals surface area contributed by atoms with Gasteiger partial charge in [-0.2, -0.15) is 0 Å². The average molecular weight is 366 g/mol. The van der Waals surface area contributed by atoms with E-state index < -0.39 is 0 Å². The standard InChI is InChI=1S/C23H29N3O/c1-20(22-12-6-3-7-13-22)24-23(27)19-26-17-15-25(16-18-26)14-8-11-21-9-4-2-5-10-21/h2-13,20H,14-19H2,1H3,(H,24,27)/p+2/b11-8+/t20-/m1/s1. The summed E-state index contributed by atoms with van der Waals surface area (Å²) in [6, 6.07) is 20.6. The summed E-state index contributed by atoms with van der Waals surface area (Å²) in [7, 11) is 0. The van der Waals surface area contributed by atoms with E-state index in [1.807, 2.05) is 31.2 Å². The number of rotatable bonds is 7. The SMILES string of the molecule is C[C@@H](NC(=O)C[NH+]1CC[NH+](C/C=C/c2ccccc2)CC1)c1ccccc1. The first kappa shape index (κ1) is 19.3. The van der Waals surface area contributed by atoms with Crippen molar-refractivity contribution < 1.29 is 14.6 Å². The lowest BCUT2D eigenvalue weighted by atomic mass is 10.1. The number of hydrogen-bond donors (Lipinski definition) is 3. The molecule has 3 rings (SSSR count). The lowest BCUT2D eigenvalue weighted by Gasteiger charge is -2.29. The van der Waals surface area contributed by atoms with Crippen LogP contribution in [0, 0.1) is 0 Å². The van der Waals surface area contributed by atoms with Crippen molar-refractivity contribution in [2.24, 2.45) is 0 Å². The van der Waals surface area contributed by atoms with Gasteiger partial charge in [0.15, 0.2) is 6.54 Å². The summed E-state index contributed by atoms with van der Waals surface area (Å²) in [6.07, 6.45) is 4.47. The summed E-state index contributed by atoms with van der Waals surface area (Å²) in [6.45, 7) is 8.03. The van der Waals surface area contributed by atoms with Gasteiger partial charge >= 0.3 is 0 Å². The highest BCUT2D eigenvalue weighted by Crippen LogP contribution is 2.10. The molecule has 1 atom stereocenters. The largest absolute Gasteiger partial charge is 0.345 e. The second-order valence-electron chi connectivity index (χ2n) is 7.39. The number of quaternary nitrogens is 2. The van der Waals surface area contributed by atoms with Crippen LogP contribution >= 0.6 is 0 Å². The van der Waals surface area contributed by atoms with E-state index in [1.165, 1.54) is 10.5 Å². The molecular weight excluding hydrogens is 334 g/mol. The van der Waals surface area contributed by atoms with Crippen molar-refractivity contribution in [3.63, 3.8) is 0 Å². The summed E-state index contributed by atoms with van der Waals surface area (Å²) in [5.74, 6) is 0.147. The monoisotopic (exact) mass is 365 g/mol. The van der Waals surface area contributed by atoms with Gasteiger partial charge in [0.2, 0.25) is 0 Å². The van der Waals surface area contributed by atoms with E-state index in [0.29, 0.717) is 6.54 Å². The number of carbonyl (C=O) groups excluding carboxylic acids is 1. The van der Waals surface area contributed by atoms with Gasteiger partial charge in [-0.25, -0.2) is 0 Å². The van der Waals surface area contributed by atoms with E-state index in [4.69, 9.17) is 0 Å². The van der Waals surface area contributed by atoms with Gasteiger partial charge in [-0.05, 0) is 24.1 Å². The molecule has 4 nitrogen and oxygen atoms in total. The van der Waals surface area contributed by atoms with Crippen molar-refractivity contribution in [1.29, 1.82) is 0 Å². The number of carbonyl (C=O) groups is 1. The lowest BCUT2D eigenvalue weighted by molar-refractivity contribution is -1.01. The maximum Gasteiger partial charge on any atom is 0.275 e. The summed E-state index contributed by atoms with van der Waals surface area (Å²) in [4.78, 5) is 15.3. The predicted molar refractivity (Wildman–Crippen MR) is 110 cm³/mol. The molecule has 1 amide bonds. The Morgan fingerprint density at radius 3 is 2.22 bits per heavy atom. The van der Waals surface area contributed by atoms with E-state index in [-0.39, 0.29) is 11.9 Å². The van der Waals surface area contributed by atoms with E-state index in [0.717, 1.165) is 38.3 Å². The molecule has 0 aromatic heterocycles. The van der Waals surface area contributed by atoms with E-state index in [1.54, 1.807) is 4.90 Å². The fourth-order valence-electron chi connectivity index (χ4n) is 3.61. The number of piperazine rings is 1. The fourth-order valence-corrected chi connectivity index (χ4v) is 3.61. The molecule has 0 aliphatic carbocycles. The molecule has 142 valence electrons. The van der Waals surface area contributed by atoms with Crippen LogP contribution < -0.4 is 15.1 Å². The highest BCUT2D eigenvalue weighted by Gasteiger charge is 2.24. The molecule has 4 heteroatoms. The number of hydrogen-bond acceptors (Lipinski definition) is 1. The molecule has 0 unspecified atom stereocenters. The Bertz CT molecular complexity index is 722. The van der Waals surface area contributed by atoms with Crippen LogP contribution in [0.15, 0.2) is 66.7 Å². The van der Waals surface area contributed by atoms with Crippen molar-refractivity contribution in [3.8, 4) is 0 Å². The predicted octanol–water partition coefficient (Wildman–Crippen LogP) is 0.361. The van der Waals surface area contributed by atoms with E-state index in [2.05, 4.69) is 53.9 Å². The zero-order valence-electron chi connectivity index (χ0n) is 16.2. The fraction of sp³-hybridized carbons (Fsp3) is 0.348. The van der Waals surface area contributed by atoms with Gasteiger partial charge in [0.05, 0.1) is 12.6 Å². The van der Waals surface area contributed by atoms with Crippen LogP contribution in [0.2, 0.25) is 0 Å². The zero-order valence-corrected chi connectivity index (χ0v) is 16.2. The molecule has 1 fully saturated rings. The van der Waals surface area contributed by atoms with Crippen molar-refractivity contribution >= 4 is 12.0 Å². The average Bonchev–Trinajstić information content (AvgIpc) is 2.71. The number of amides is 1. The quantitative estimate of drug-likeness (QED) is 0.651. The van der Waals surface area contributed by atoms with Crippen LogP contribution in [-0.2, 0) is 4.79 Å². The summed E-state index contributed by atoms with van der Waals surface area (Å²) < 4.78 is 0. The highest BCUT2D eigenvalue weighted by atomic mass is 16.2. The molecule has 1 aliphatic heterocycles. The Morgan fingerprint density at radius 2 is 1.56 bits per heavy atom. The minimum atomic E-state index is 0.0631. The molecular formula is C23H31N3O+2. The molecule has 0 saturated carbocycles. The highest BCUT2D eigenvalue weighted by molar-refractivity contribution is 5.77. The van der Waals surface area contributed by atoms with Crippen molar-refractivity contribution in [3.05, 3.63) is 77.9 Å². The van der Waals surface area contributed by atoms with E-state index in [9.17, 15) is 4.79 Å². The third-order valence-corrected chi connectivity index (χ3v) is 5.27. The van der Waals surface area contributed by atoms with Gasteiger partial charge in [0.1, 0.15) is 26.2 Å². The van der Waals surface area contributed by atoms with Crippen LogP contribution in [0.4, 0.5) is 0 Å². The Morgan fingerprint density at radius 1 is 0.963 bits per heavy atom. The topological polar surface area (TPSA) is 38.0 Å². The Hall–Kier alpha value is -2.43. The zero-order chi connectivity index (χ0) is 18.9. The van der Waals surface area contributed by atoms with Crippen molar-refractivity contribution in [2.45, 2.75) is 13.0 Å². The van der Waals surface area contributed by atoms with Crippen LogP contribution in [0.3, 0.4) is 0 Å². The molecule has 0 spiro atoms. The maximum atomic E-state index is 12.4. The molecule has 1 heterocycles. The molecule has 1 aliphatic rings. The van der Waals surface area contributed by atoms with Crippen molar-refractivity contribution in [2.75, 3.05) is 39.3 Å². The minimum absolute atomic E-state index is 0.0631. The van der Waals surface area contributed by atoms with Gasteiger partial charge < -0.3 is 15.1 Å². The molecule has 0 radical (unpaired) electrons. The molecule has 0 bridgehead atoms. The smallest absolute Gasteiger partial charge is 0.275 e. The molecule has 1 saturated heterocycles. The first-order valence-corrected chi connectivity index (χ1v) is 9.94. The second-order valence-corrected chi connectivity index (χ2v) is 7.39. The first-order chi connectivity index (χ1) is 13.2. The Labute approximate surface area is 162 Å². The Kier molecular flexibility index (Phi) is 7.19. The van der Waals surface area contributed by atoms with Crippen molar-refractivity contribution in [1.82, 2.24) is 5.32 Å². The van der Waals surface area contributed by atoms with Crippen LogP contribution in [-0.4, -0.2) is 45.2 Å². The minimum Gasteiger partial charge on any atom is -0.345 e. The normalized spacial score (nSPS) is 21.1. The van der Waals surface area contributed by atoms with Gasteiger partial charge in [0.25, 0.3) is 5.91 Å². The molecule has 27 heavy (non-hydrogen) atoms. The molecule has 2 aromatic carbocycles. The number of nitrogens with one attached hydrogen (secondary N) is 3. The van der Waals surface area contributed by atoms with Crippen LogP contribution in [0.25, 0.3) is 6.08 Å². The molecule has 3 N–H and O–H groups in total.